The van der Waals surface area contributed by atoms with Gasteiger partial charge in [-0.1, -0.05) is 15.9 Å². The molecule has 2 aliphatic rings. The van der Waals surface area contributed by atoms with E-state index in [-0.39, 0.29) is 5.69 Å². The van der Waals surface area contributed by atoms with Gasteiger partial charge in [-0.15, -0.1) is 0 Å². The standard InChI is InChI=1S/C14H17BrF2N2/c15-8-10-6-12(16)14(13(17)7-10)19-5-4-18-3-1-2-11(18)9-19/h6-7,11H,1-5,8-9H2. The van der Waals surface area contributed by atoms with E-state index in [1.807, 2.05) is 4.90 Å². The Labute approximate surface area is 120 Å². The third-order valence-corrected chi connectivity index (χ3v) is 4.78. The molecule has 1 aromatic carbocycles. The SMILES string of the molecule is Fc1cc(CBr)cc(F)c1N1CCN2CCCC2C1. The van der Waals surface area contributed by atoms with Gasteiger partial charge in [0, 0.05) is 31.0 Å². The molecule has 0 aromatic heterocycles. The third-order valence-electron chi connectivity index (χ3n) is 4.13. The Hall–Kier alpha value is -0.680. The summed E-state index contributed by atoms with van der Waals surface area (Å²) in [5.74, 6) is -0.887. The Morgan fingerprint density at radius 3 is 2.58 bits per heavy atom. The quantitative estimate of drug-likeness (QED) is 0.768. The average molecular weight is 331 g/mol. The zero-order chi connectivity index (χ0) is 13.4. The number of alkyl halides is 1. The maximum atomic E-state index is 14.1. The van der Waals surface area contributed by atoms with Gasteiger partial charge in [0.1, 0.15) is 17.3 Å². The number of benzene rings is 1. The van der Waals surface area contributed by atoms with Crippen LogP contribution in [0.1, 0.15) is 18.4 Å². The summed E-state index contributed by atoms with van der Waals surface area (Å²) in [6.45, 7) is 3.48. The monoisotopic (exact) mass is 330 g/mol. The van der Waals surface area contributed by atoms with Crippen molar-refractivity contribution in [1.82, 2.24) is 4.90 Å². The lowest BCUT2D eigenvalue weighted by Crippen LogP contribution is -2.50. The first-order chi connectivity index (χ1) is 9.19. The van der Waals surface area contributed by atoms with Crippen LogP contribution in [0.4, 0.5) is 14.5 Å². The normalized spacial score (nSPS) is 23.7. The van der Waals surface area contributed by atoms with Crippen LogP contribution in [0.15, 0.2) is 12.1 Å². The zero-order valence-electron chi connectivity index (χ0n) is 10.7. The molecule has 2 saturated heterocycles. The van der Waals surface area contributed by atoms with Crippen LogP contribution in [-0.4, -0.2) is 37.1 Å². The van der Waals surface area contributed by atoms with E-state index in [1.165, 1.54) is 18.6 Å². The van der Waals surface area contributed by atoms with Crippen molar-refractivity contribution in [2.75, 3.05) is 31.1 Å². The van der Waals surface area contributed by atoms with Gasteiger partial charge in [0.05, 0.1) is 0 Å². The van der Waals surface area contributed by atoms with Crippen molar-refractivity contribution < 1.29 is 8.78 Å². The van der Waals surface area contributed by atoms with Crippen molar-refractivity contribution in [2.24, 2.45) is 0 Å². The van der Waals surface area contributed by atoms with E-state index >= 15 is 0 Å². The summed E-state index contributed by atoms with van der Waals surface area (Å²) >= 11 is 3.23. The minimum absolute atomic E-state index is 0.149. The average Bonchev–Trinajstić information content (AvgIpc) is 2.85. The van der Waals surface area contributed by atoms with Crippen LogP contribution in [0.3, 0.4) is 0 Å². The number of fused-ring (bicyclic) bond motifs is 1. The number of halogens is 3. The molecule has 2 heterocycles. The van der Waals surface area contributed by atoms with Crippen molar-refractivity contribution in [3.05, 3.63) is 29.3 Å². The summed E-state index contributed by atoms with van der Waals surface area (Å²) < 4.78 is 28.2. The van der Waals surface area contributed by atoms with E-state index < -0.39 is 11.6 Å². The molecule has 2 aliphatic heterocycles. The smallest absolute Gasteiger partial charge is 0.149 e. The number of hydrogen-bond acceptors (Lipinski definition) is 2. The topological polar surface area (TPSA) is 6.48 Å². The molecule has 0 bridgehead atoms. The summed E-state index contributed by atoms with van der Waals surface area (Å²) in [6, 6.07) is 3.31. The molecule has 0 N–H and O–H groups in total. The molecule has 1 unspecified atom stereocenters. The van der Waals surface area contributed by atoms with Gasteiger partial charge in [-0.2, -0.15) is 0 Å². The second kappa shape index (κ2) is 5.37. The van der Waals surface area contributed by atoms with Gasteiger partial charge < -0.3 is 4.90 Å². The van der Waals surface area contributed by atoms with Crippen LogP contribution < -0.4 is 4.90 Å². The van der Waals surface area contributed by atoms with Crippen LogP contribution in [-0.2, 0) is 5.33 Å². The fourth-order valence-electron chi connectivity index (χ4n) is 3.19. The molecular formula is C14H17BrF2N2. The number of hydrogen-bond donors (Lipinski definition) is 0. The van der Waals surface area contributed by atoms with Gasteiger partial charge in [0.15, 0.2) is 0 Å². The molecule has 5 heteroatoms. The maximum absolute atomic E-state index is 14.1. The zero-order valence-corrected chi connectivity index (χ0v) is 12.3. The summed E-state index contributed by atoms with van der Waals surface area (Å²) in [4.78, 5) is 4.30. The highest BCUT2D eigenvalue weighted by Crippen LogP contribution is 2.30. The van der Waals surface area contributed by atoms with Crippen LogP contribution >= 0.6 is 15.9 Å². The molecule has 19 heavy (non-hydrogen) atoms. The first-order valence-corrected chi connectivity index (χ1v) is 7.84. The fraction of sp³-hybridized carbons (Fsp3) is 0.571. The number of rotatable bonds is 2. The van der Waals surface area contributed by atoms with Crippen LogP contribution in [0.5, 0.6) is 0 Å². The highest BCUT2D eigenvalue weighted by atomic mass is 79.9. The molecule has 0 aliphatic carbocycles. The highest BCUT2D eigenvalue weighted by molar-refractivity contribution is 9.08. The van der Waals surface area contributed by atoms with Crippen molar-refractivity contribution in [3.63, 3.8) is 0 Å². The van der Waals surface area contributed by atoms with E-state index in [9.17, 15) is 8.78 Å². The van der Waals surface area contributed by atoms with E-state index in [1.54, 1.807) is 0 Å². The molecule has 2 fully saturated rings. The van der Waals surface area contributed by atoms with E-state index in [0.29, 0.717) is 23.5 Å². The van der Waals surface area contributed by atoms with Crippen LogP contribution in [0, 0.1) is 11.6 Å². The molecule has 1 atom stereocenters. The number of piperazine rings is 1. The summed E-state index contributed by atoms with van der Waals surface area (Å²) in [7, 11) is 0. The summed E-state index contributed by atoms with van der Waals surface area (Å²) in [6.07, 6.45) is 2.34. The molecule has 2 nitrogen and oxygen atoms in total. The van der Waals surface area contributed by atoms with Crippen LogP contribution in [0.2, 0.25) is 0 Å². The molecule has 104 valence electrons. The molecule has 0 spiro atoms. The predicted octanol–water partition coefficient (Wildman–Crippen LogP) is 3.14. The Morgan fingerprint density at radius 1 is 1.16 bits per heavy atom. The first-order valence-electron chi connectivity index (χ1n) is 6.72. The molecule has 0 radical (unpaired) electrons. The molecule has 0 saturated carbocycles. The highest BCUT2D eigenvalue weighted by Gasteiger charge is 2.32. The third kappa shape index (κ3) is 2.50. The van der Waals surface area contributed by atoms with Crippen LogP contribution in [0.25, 0.3) is 0 Å². The largest absolute Gasteiger partial charge is 0.364 e. The lowest BCUT2D eigenvalue weighted by molar-refractivity contribution is 0.229. The molecule has 3 rings (SSSR count). The van der Waals surface area contributed by atoms with Crippen molar-refractivity contribution in [1.29, 1.82) is 0 Å². The van der Waals surface area contributed by atoms with E-state index in [0.717, 1.165) is 26.1 Å². The van der Waals surface area contributed by atoms with Gasteiger partial charge in [-0.3, -0.25) is 4.90 Å². The van der Waals surface area contributed by atoms with Crippen molar-refractivity contribution >= 4 is 21.6 Å². The maximum Gasteiger partial charge on any atom is 0.149 e. The van der Waals surface area contributed by atoms with Crippen molar-refractivity contribution in [3.8, 4) is 0 Å². The van der Waals surface area contributed by atoms with Gasteiger partial charge >= 0.3 is 0 Å². The van der Waals surface area contributed by atoms with Gasteiger partial charge in [-0.05, 0) is 37.1 Å². The summed E-state index contributed by atoms with van der Waals surface area (Å²) in [5, 5.41) is 0.470. The minimum atomic E-state index is -0.444. The number of nitrogens with zero attached hydrogens (tertiary/aromatic N) is 2. The van der Waals surface area contributed by atoms with Gasteiger partial charge in [-0.25, -0.2) is 8.78 Å². The first kappa shape index (κ1) is 13.3. The molecule has 0 amide bonds. The second-order valence-corrected chi connectivity index (χ2v) is 5.88. The Balaban J connectivity index is 1.86. The lowest BCUT2D eigenvalue weighted by Gasteiger charge is -2.39. The Bertz CT molecular complexity index is 458. The van der Waals surface area contributed by atoms with E-state index in [4.69, 9.17) is 0 Å². The predicted molar refractivity (Wildman–Crippen MR) is 75.8 cm³/mol. The number of anilines is 1. The Kier molecular flexibility index (Phi) is 3.76. The van der Waals surface area contributed by atoms with Gasteiger partial charge in [0.2, 0.25) is 0 Å². The lowest BCUT2D eigenvalue weighted by atomic mass is 10.1. The summed E-state index contributed by atoms with van der Waals surface area (Å²) in [5.41, 5.74) is 0.787. The Morgan fingerprint density at radius 2 is 1.89 bits per heavy atom. The fourth-order valence-corrected chi connectivity index (χ4v) is 3.52. The van der Waals surface area contributed by atoms with E-state index in [2.05, 4.69) is 20.8 Å². The minimum Gasteiger partial charge on any atom is -0.364 e. The molecule has 1 aromatic rings. The van der Waals surface area contributed by atoms with Crippen molar-refractivity contribution in [2.45, 2.75) is 24.2 Å². The molecular weight excluding hydrogens is 314 g/mol. The van der Waals surface area contributed by atoms with Gasteiger partial charge in [0.25, 0.3) is 0 Å². The second-order valence-electron chi connectivity index (χ2n) is 5.32.